The van der Waals surface area contributed by atoms with Crippen LogP contribution in [0.25, 0.3) is 0 Å². The van der Waals surface area contributed by atoms with Crippen molar-refractivity contribution in [2.45, 2.75) is 84.0 Å². The molecule has 0 radical (unpaired) electrons. The van der Waals surface area contributed by atoms with Gasteiger partial charge in [-0.15, -0.1) is 0 Å². The first kappa shape index (κ1) is 23.6. The summed E-state index contributed by atoms with van der Waals surface area (Å²) in [7, 11) is 0. The van der Waals surface area contributed by atoms with Gasteiger partial charge in [0.2, 0.25) is 0 Å². The number of aliphatic carboxylic acids is 1. The molecule has 0 spiro atoms. The van der Waals surface area contributed by atoms with E-state index in [1.165, 1.54) is 5.57 Å². The molecule has 0 unspecified atom stereocenters. The average molecular weight is 408 g/mol. The maximum Gasteiger partial charge on any atom is 0.308 e. The quantitative estimate of drug-likeness (QED) is 0.537. The number of hydrogen-bond acceptors (Lipinski definition) is 6. The molecule has 164 valence electrons. The lowest BCUT2D eigenvalue weighted by Gasteiger charge is -2.42. The Hall–Kier alpha value is -1.66. The molecule has 0 bridgehead atoms. The number of allylic oxidation sites excluding steroid dienone is 3. The fraction of sp³-hybridized carbons (Fsp3) is 0.739. The largest absolute Gasteiger partial charge is 0.550 e. The molecule has 6 nitrogen and oxygen atoms in total. The summed E-state index contributed by atoms with van der Waals surface area (Å²) in [6.07, 6.45) is 7.64. The van der Waals surface area contributed by atoms with Crippen LogP contribution in [0, 0.1) is 23.7 Å². The van der Waals surface area contributed by atoms with Crippen molar-refractivity contribution in [2.75, 3.05) is 0 Å². The summed E-state index contributed by atoms with van der Waals surface area (Å²) in [6.45, 7) is 6.00. The molecule has 2 rings (SSSR count). The second kappa shape index (κ2) is 10.9. The Labute approximate surface area is 173 Å². The number of carboxylic acid groups (broad SMARTS) is 1. The third-order valence-electron chi connectivity index (χ3n) is 6.41. The fourth-order valence-electron chi connectivity index (χ4n) is 4.48. The molecule has 0 aliphatic heterocycles. The molecule has 0 amide bonds. The van der Waals surface area contributed by atoms with E-state index in [2.05, 4.69) is 25.2 Å². The molecule has 0 saturated carbocycles. The zero-order chi connectivity index (χ0) is 21.6. The SMILES string of the molecule is CC[C@H](C)C(=O)O[C@H]1CCC=C2C=C[C@H](C)[C@H](CC[C@@H](O)C[C@H](O)CC(=O)[O-])[C@H]21. The minimum atomic E-state index is -1.32. The Kier molecular flexibility index (Phi) is 8.90. The Morgan fingerprint density at radius 1 is 1.31 bits per heavy atom. The molecular formula is C23H35O6-. The van der Waals surface area contributed by atoms with E-state index < -0.39 is 24.6 Å². The predicted octanol–water partition coefficient (Wildman–Crippen LogP) is 2.13. The van der Waals surface area contributed by atoms with Crippen molar-refractivity contribution in [3.05, 3.63) is 23.8 Å². The van der Waals surface area contributed by atoms with Gasteiger partial charge in [0.25, 0.3) is 0 Å². The van der Waals surface area contributed by atoms with Crippen molar-refractivity contribution in [2.24, 2.45) is 23.7 Å². The van der Waals surface area contributed by atoms with Crippen LogP contribution in [0.2, 0.25) is 0 Å². The van der Waals surface area contributed by atoms with E-state index in [-0.39, 0.29) is 42.2 Å². The van der Waals surface area contributed by atoms with Gasteiger partial charge in [-0.3, -0.25) is 4.79 Å². The zero-order valence-electron chi connectivity index (χ0n) is 17.8. The standard InChI is InChI=1S/C23H36O6/c1-4-14(2)23(28)29-20-7-5-6-16-9-8-15(3)19(22(16)20)11-10-17(24)12-18(25)13-21(26)27/h6,8-9,14-15,17-20,22,24-25H,4-5,7,10-13H2,1-3H3,(H,26,27)/p-1/t14-,15-,17+,18-,19-,20-,22-/m0/s1. The van der Waals surface area contributed by atoms with Crippen LogP contribution in [0.4, 0.5) is 0 Å². The molecule has 29 heavy (non-hydrogen) atoms. The molecule has 0 aromatic carbocycles. The molecule has 0 aromatic heterocycles. The van der Waals surface area contributed by atoms with Gasteiger partial charge in [0.15, 0.2) is 0 Å². The second-order valence-corrected chi connectivity index (χ2v) is 8.67. The van der Waals surface area contributed by atoms with Crippen molar-refractivity contribution < 1.29 is 29.6 Å². The average Bonchev–Trinajstić information content (AvgIpc) is 2.66. The van der Waals surface area contributed by atoms with Crippen LogP contribution in [0.15, 0.2) is 23.8 Å². The summed E-state index contributed by atoms with van der Waals surface area (Å²) in [5.74, 6) is -0.984. The molecular weight excluding hydrogens is 372 g/mol. The summed E-state index contributed by atoms with van der Waals surface area (Å²) >= 11 is 0. The van der Waals surface area contributed by atoms with Gasteiger partial charge < -0.3 is 24.9 Å². The monoisotopic (exact) mass is 407 g/mol. The highest BCUT2D eigenvalue weighted by molar-refractivity contribution is 5.72. The van der Waals surface area contributed by atoms with Crippen LogP contribution < -0.4 is 5.11 Å². The number of rotatable bonds is 10. The van der Waals surface area contributed by atoms with Crippen molar-refractivity contribution in [3.8, 4) is 0 Å². The maximum absolute atomic E-state index is 12.4. The van der Waals surface area contributed by atoms with Crippen LogP contribution in [0.5, 0.6) is 0 Å². The lowest BCUT2D eigenvalue weighted by atomic mass is 9.66. The van der Waals surface area contributed by atoms with Crippen molar-refractivity contribution in [1.82, 2.24) is 0 Å². The first-order chi connectivity index (χ1) is 13.7. The predicted molar refractivity (Wildman–Crippen MR) is 107 cm³/mol. The number of carbonyl (C=O) groups excluding carboxylic acids is 2. The lowest BCUT2D eigenvalue weighted by molar-refractivity contribution is -0.307. The molecule has 2 N–H and O–H groups in total. The molecule has 2 aliphatic carbocycles. The molecule has 6 heteroatoms. The van der Waals surface area contributed by atoms with Crippen LogP contribution in [-0.4, -0.2) is 40.5 Å². The van der Waals surface area contributed by atoms with Gasteiger partial charge in [0.1, 0.15) is 6.10 Å². The van der Waals surface area contributed by atoms with E-state index in [9.17, 15) is 24.9 Å². The van der Waals surface area contributed by atoms with E-state index in [1.54, 1.807) is 0 Å². The third kappa shape index (κ3) is 6.68. The summed E-state index contributed by atoms with van der Waals surface area (Å²) in [4.78, 5) is 23.0. The number of aliphatic hydroxyl groups excluding tert-OH is 2. The molecule has 2 aliphatic rings. The highest BCUT2D eigenvalue weighted by atomic mass is 16.5. The van der Waals surface area contributed by atoms with E-state index in [0.717, 1.165) is 19.3 Å². The number of esters is 1. The lowest BCUT2D eigenvalue weighted by Crippen LogP contribution is -2.40. The normalized spacial score (nSPS) is 29.3. The first-order valence-electron chi connectivity index (χ1n) is 10.9. The number of carboxylic acids is 1. The molecule has 0 saturated heterocycles. The van der Waals surface area contributed by atoms with Gasteiger partial charge in [0, 0.05) is 18.3 Å². The van der Waals surface area contributed by atoms with Gasteiger partial charge >= 0.3 is 5.97 Å². The summed E-state index contributed by atoms with van der Waals surface area (Å²) in [5.41, 5.74) is 1.20. The Bertz CT molecular complexity index is 625. The van der Waals surface area contributed by atoms with Crippen LogP contribution >= 0.6 is 0 Å². The smallest absolute Gasteiger partial charge is 0.308 e. The van der Waals surface area contributed by atoms with Crippen molar-refractivity contribution in [1.29, 1.82) is 0 Å². The van der Waals surface area contributed by atoms with Crippen molar-refractivity contribution >= 4 is 11.9 Å². The first-order valence-corrected chi connectivity index (χ1v) is 10.9. The molecule has 0 fully saturated rings. The van der Waals surface area contributed by atoms with Crippen molar-refractivity contribution in [3.63, 3.8) is 0 Å². The second-order valence-electron chi connectivity index (χ2n) is 8.67. The van der Waals surface area contributed by atoms with Gasteiger partial charge in [-0.1, -0.05) is 39.0 Å². The van der Waals surface area contributed by atoms with Crippen LogP contribution in [0.1, 0.15) is 65.7 Å². The summed E-state index contributed by atoms with van der Waals surface area (Å²) in [6, 6.07) is 0. The van der Waals surface area contributed by atoms with Crippen LogP contribution in [0.3, 0.4) is 0 Å². The van der Waals surface area contributed by atoms with Gasteiger partial charge in [-0.25, -0.2) is 0 Å². The zero-order valence-corrected chi connectivity index (χ0v) is 17.8. The number of hydrogen-bond donors (Lipinski definition) is 2. The van der Waals surface area contributed by atoms with E-state index in [4.69, 9.17) is 4.74 Å². The Morgan fingerprint density at radius 2 is 2.03 bits per heavy atom. The molecule has 0 aromatic rings. The summed E-state index contributed by atoms with van der Waals surface area (Å²) < 4.78 is 5.92. The molecule has 7 atom stereocenters. The van der Waals surface area contributed by atoms with Gasteiger partial charge in [0.05, 0.1) is 18.1 Å². The maximum atomic E-state index is 12.4. The number of aliphatic hydroxyl groups is 2. The molecule has 0 heterocycles. The van der Waals surface area contributed by atoms with E-state index in [1.807, 2.05) is 13.8 Å². The highest BCUT2D eigenvalue weighted by Crippen LogP contribution is 2.44. The fourth-order valence-corrected chi connectivity index (χ4v) is 4.48. The van der Waals surface area contributed by atoms with E-state index in [0.29, 0.717) is 12.8 Å². The number of fused-ring (bicyclic) bond motifs is 1. The van der Waals surface area contributed by atoms with Gasteiger partial charge in [-0.05, 0) is 55.9 Å². The minimum absolute atomic E-state index is 0.0186. The topological polar surface area (TPSA) is 107 Å². The third-order valence-corrected chi connectivity index (χ3v) is 6.41. The number of ether oxygens (including phenoxy) is 1. The minimum Gasteiger partial charge on any atom is -0.550 e. The summed E-state index contributed by atoms with van der Waals surface area (Å²) in [5, 5.41) is 30.6. The van der Waals surface area contributed by atoms with Crippen LogP contribution in [-0.2, 0) is 14.3 Å². The van der Waals surface area contributed by atoms with Gasteiger partial charge in [-0.2, -0.15) is 0 Å². The Morgan fingerprint density at radius 3 is 2.69 bits per heavy atom. The Balaban J connectivity index is 2.03. The number of carbonyl (C=O) groups is 2. The van der Waals surface area contributed by atoms with E-state index >= 15 is 0 Å². The highest BCUT2D eigenvalue weighted by Gasteiger charge is 2.40.